The molecule has 1 aliphatic rings. The molecule has 0 radical (unpaired) electrons. The van der Waals surface area contributed by atoms with Gasteiger partial charge in [-0.3, -0.25) is 4.98 Å². The molecule has 0 amide bonds. The Labute approximate surface area is 177 Å². The van der Waals surface area contributed by atoms with Crippen molar-refractivity contribution in [2.45, 2.75) is 51.0 Å². The molecule has 0 saturated carbocycles. The van der Waals surface area contributed by atoms with Crippen LogP contribution >= 0.6 is 0 Å². The van der Waals surface area contributed by atoms with Gasteiger partial charge in [0.05, 0.1) is 12.7 Å². The molecular formula is C21H29N3O5S. The summed E-state index contributed by atoms with van der Waals surface area (Å²) in [4.78, 5) is 19.5. The minimum absolute atomic E-state index is 0.00817. The van der Waals surface area contributed by atoms with Gasteiger partial charge in [-0.15, -0.1) is 0 Å². The summed E-state index contributed by atoms with van der Waals surface area (Å²) in [5.41, 5.74) is 1.98. The number of esters is 1. The van der Waals surface area contributed by atoms with Crippen LogP contribution in [0.4, 0.5) is 0 Å². The molecule has 0 aromatic carbocycles. The summed E-state index contributed by atoms with van der Waals surface area (Å²) in [6.07, 6.45) is 5.49. The number of carbonyl (C=O) groups is 1. The van der Waals surface area contributed by atoms with Crippen molar-refractivity contribution in [1.82, 2.24) is 14.3 Å². The van der Waals surface area contributed by atoms with Gasteiger partial charge >= 0.3 is 5.97 Å². The maximum absolute atomic E-state index is 13.7. The first-order valence-electron chi connectivity index (χ1n) is 10.2. The number of nitrogens with one attached hydrogen (secondary N) is 1. The number of hydrogen-bond acceptors (Lipinski definition) is 6. The van der Waals surface area contributed by atoms with Gasteiger partial charge in [0, 0.05) is 43.5 Å². The van der Waals surface area contributed by atoms with E-state index in [9.17, 15) is 13.2 Å². The number of rotatable bonds is 9. The second-order valence-electron chi connectivity index (χ2n) is 7.40. The number of H-pyrrole nitrogens is 1. The summed E-state index contributed by atoms with van der Waals surface area (Å²) in [5, 5.41) is 0. The van der Waals surface area contributed by atoms with E-state index in [1.165, 1.54) is 4.31 Å². The molecule has 2 aromatic heterocycles. The standard InChI is InChI=1S/C21H29N3O5S/c1-4-28-21(25)19-15(2)23-16(3)20(19)30(26,27)24(14-18-6-5-13-29-18)12-9-17-7-10-22-11-8-17/h7-8,10-11,18,23H,4-6,9,12-14H2,1-3H3. The smallest absolute Gasteiger partial charge is 0.341 e. The summed E-state index contributed by atoms with van der Waals surface area (Å²) in [6, 6.07) is 3.74. The molecular weight excluding hydrogens is 406 g/mol. The molecule has 1 aliphatic heterocycles. The fraction of sp³-hybridized carbons (Fsp3) is 0.524. The van der Waals surface area contributed by atoms with Crippen LogP contribution in [0.3, 0.4) is 0 Å². The maximum Gasteiger partial charge on any atom is 0.341 e. The van der Waals surface area contributed by atoms with Gasteiger partial charge in [0.2, 0.25) is 10.0 Å². The number of carbonyl (C=O) groups excluding carboxylic acids is 1. The number of aromatic nitrogens is 2. The fourth-order valence-corrected chi connectivity index (χ4v) is 5.67. The van der Waals surface area contributed by atoms with Gasteiger partial charge in [0.1, 0.15) is 10.5 Å². The van der Waals surface area contributed by atoms with E-state index in [0.717, 1.165) is 18.4 Å². The number of sulfonamides is 1. The van der Waals surface area contributed by atoms with E-state index < -0.39 is 16.0 Å². The predicted octanol–water partition coefficient (Wildman–Crippen LogP) is 2.62. The third-order valence-corrected chi connectivity index (χ3v) is 7.26. The van der Waals surface area contributed by atoms with Crippen LogP contribution in [0.1, 0.15) is 47.1 Å². The zero-order valence-electron chi connectivity index (χ0n) is 17.7. The Balaban J connectivity index is 1.95. The number of aromatic amines is 1. The normalized spacial score (nSPS) is 16.9. The average Bonchev–Trinajstić information content (AvgIpc) is 3.33. The van der Waals surface area contributed by atoms with Crippen LogP contribution in [0.5, 0.6) is 0 Å². The summed E-state index contributed by atoms with van der Waals surface area (Å²) in [7, 11) is -3.96. The van der Waals surface area contributed by atoms with Crippen LogP contribution in [-0.4, -0.2) is 61.1 Å². The first-order chi connectivity index (χ1) is 14.3. The summed E-state index contributed by atoms with van der Waals surface area (Å²) < 4.78 is 39.7. The SMILES string of the molecule is CCOC(=O)c1c(C)[nH]c(C)c1S(=O)(=O)N(CCc1ccncc1)CC1CCCO1. The Bertz CT molecular complexity index is 966. The van der Waals surface area contributed by atoms with Crippen molar-refractivity contribution in [3.8, 4) is 0 Å². The topological polar surface area (TPSA) is 102 Å². The van der Waals surface area contributed by atoms with Gasteiger partial charge in [0.15, 0.2) is 0 Å². The molecule has 30 heavy (non-hydrogen) atoms. The molecule has 1 unspecified atom stereocenters. The van der Waals surface area contributed by atoms with Gasteiger partial charge in [-0.05, 0) is 57.7 Å². The minimum Gasteiger partial charge on any atom is -0.462 e. The number of ether oxygens (including phenoxy) is 2. The summed E-state index contributed by atoms with van der Waals surface area (Å²) in [5.74, 6) is -0.635. The lowest BCUT2D eigenvalue weighted by Crippen LogP contribution is -2.39. The van der Waals surface area contributed by atoms with Crippen molar-refractivity contribution in [3.63, 3.8) is 0 Å². The molecule has 164 valence electrons. The Morgan fingerprint density at radius 2 is 2.03 bits per heavy atom. The van der Waals surface area contributed by atoms with Gasteiger partial charge in [-0.25, -0.2) is 13.2 Å². The summed E-state index contributed by atoms with van der Waals surface area (Å²) in [6.45, 7) is 6.37. The van der Waals surface area contributed by atoms with Crippen LogP contribution in [0, 0.1) is 13.8 Å². The first-order valence-corrected chi connectivity index (χ1v) is 11.7. The molecule has 1 atom stereocenters. The van der Waals surface area contributed by atoms with Crippen LogP contribution in [0.2, 0.25) is 0 Å². The largest absolute Gasteiger partial charge is 0.462 e. The highest BCUT2D eigenvalue weighted by Crippen LogP contribution is 2.29. The lowest BCUT2D eigenvalue weighted by Gasteiger charge is -2.25. The number of aryl methyl sites for hydroxylation is 2. The van der Waals surface area contributed by atoms with E-state index in [1.54, 1.807) is 33.2 Å². The van der Waals surface area contributed by atoms with E-state index in [0.29, 0.717) is 24.4 Å². The van der Waals surface area contributed by atoms with Crippen molar-refractivity contribution in [3.05, 3.63) is 47.0 Å². The van der Waals surface area contributed by atoms with Crippen molar-refractivity contribution >= 4 is 16.0 Å². The maximum atomic E-state index is 13.7. The molecule has 0 spiro atoms. The molecule has 3 rings (SSSR count). The lowest BCUT2D eigenvalue weighted by molar-refractivity contribution is 0.0521. The quantitative estimate of drug-likeness (QED) is 0.608. The van der Waals surface area contributed by atoms with E-state index in [2.05, 4.69) is 9.97 Å². The van der Waals surface area contributed by atoms with Crippen LogP contribution < -0.4 is 0 Å². The third kappa shape index (κ3) is 4.91. The minimum atomic E-state index is -3.96. The van der Waals surface area contributed by atoms with E-state index in [-0.39, 0.29) is 36.3 Å². The Morgan fingerprint density at radius 1 is 1.30 bits per heavy atom. The van der Waals surface area contributed by atoms with E-state index in [1.807, 2.05) is 12.1 Å². The molecule has 1 N–H and O–H groups in total. The Kier molecular flexibility index (Phi) is 7.27. The van der Waals surface area contributed by atoms with Crippen LogP contribution in [-0.2, 0) is 25.9 Å². The van der Waals surface area contributed by atoms with Crippen LogP contribution in [0.15, 0.2) is 29.4 Å². The second kappa shape index (κ2) is 9.72. The van der Waals surface area contributed by atoms with Gasteiger partial charge < -0.3 is 14.5 Å². The number of pyridine rings is 1. The average molecular weight is 436 g/mol. The Hall–Kier alpha value is -2.23. The second-order valence-corrected chi connectivity index (χ2v) is 9.28. The molecule has 2 aromatic rings. The summed E-state index contributed by atoms with van der Waals surface area (Å²) >= 11 is 0. The first kappa shape index (κ1) is 22.5. The monoisotopic (exact) mass is 435 g/mol. The fourth-order valence-electron chi connectivity index (χ4n) is 3.79. The molecule has 8 nitrogen and oxygen atoms in total. The highest BCUT2D eigenvalue weighted by atomic mass is 32.2. The lowest BCUT2D eigenvalue weighted by atomic mass is 10.2. The molecule has 1 fully saturated rings. The number of nitrogens with zero attached hydrogens (tertiary/aromatic N) is 2. The van der Waals surface area contributed by atoms with Crippen molar-refractivity contribution in [1.29, 1.82) is 0 Å². The number of hydrogen-bond donors (Lipinski definition) is 1. The van der Waals surface area contributed by atoms with Crippen molar-refractivity contribution < 1.29 is 22.7 Å². The van der Waals surface area contributed by atoms with Crippen molar-refractivity contribution in [2.24, 2.45) is 0 Å². The van der Waals surface area contributed by atoms with Crippen molar-refractivity contribution in [2.75, 3.05) is 26.3 Å². The molecule has 1 saturated heterocycles. The van der Waals surface area contributed by atoms with E-state index >= 15 is 0 Å². The zero-order valence-corrected chi connectivity index (χ0v) is 18.5. The van der Waals surface area contributed by atoms with Crippen LogP contribution in [0.25, 0.3) is 0 Å². The molecule has 3 heterocycles. The highest BCUT2D eigenvalue weighted by molar-refractivity contribution is 7.89. The zero-order chi connectivity index (χ0) is 21.7. The van der Waals surface area contributed by atoms with Gasteiger partial charge in [-0.2, -0.15) is 4.31 Å². The van der Waals surface area contributed by atoms with Gasteiger partial charge in [-0.1, -0.05) is 0 Å². The Morgan fingerprint density at radius 3 is 2.67 bits per heavy atom. The van der Waals surface area contributed by atoms with E-state index in [4.69, 9.17) is 9.47 Å². The molecule has 0 aliphatic carbocycles. The van der Waals surface area contributed by atoms with Gasteiger partial charge in [0.25, 0.3) is 0 Å². The predicted molar refractivity (Wildman–Crippen MR) is 112 cm³/mol. The molecule has 9 heteroatoms. The third-order valence-electron chi connectivity index (χ3n) is 5.23. The highest BCUT2D eigenvalue weighted by Gasteiger charge is 2.36. The molecule has 0 bridgehead atoms.